The summed E-state index contributed by atoms with van der Waals surface area (Å²) in [5.41, 5.74) is 2.02. The Kier molecular flexibility index (Phi) is 5.76. The zero-order chi connectivity index (χ0) is 20.7. The molecule has 2 aromatic rings. The average molecular weight is 474 g/mol. The Morgan fingerprint density at radius 2 is 1.63 bits per heavy atom. The van der Waals surface area contributed by atoms with Gasteiger partial charge in [0.25, 0.3) is 0 Å². The van der Waals surface area contributed by atoms with Crippen molar-refractivity contribution in [3.8, 4) is 11.5 Å². The van der Waals surface area contributed by atoms with Crippen LogP contribution in [0.5, 0.6) is 11.5 Å². The second-order valence-corrected chi connectivity index (χ2v) is 10.2. The van der Waals surface area contributed by atoms with Crippen molar-refractivity contribution in [2.45, 2.75) is 51.3 Å². The predicted octanol–water partition coefficient (Wildman–Crippen LogP) is 6.09. The van der Waals surface area contributed by atoms with Crippen molar-refractivity contribution < 1.29 is 13.9 Å². The monoisotopic (exact) mass is 473 g/mol. The van der Waals surface area contributed by atoms with Gasteiger partial charge in [-0.05, 0) is 85.6 Å². The molecule has 0 radical (unpaired) electrons. The molecule has 0 spiro atoms. The Bertz CT molecular complexity index is 873. The van der Waals surface area contributed by atoms with Crippen LogP contribution in [0.3, 0.4) is 0 Å². The van der Waals surface area contributed by atoms with Gasteiger partial charge in [0, 0.05) is 22.6 Å². The summed E-state index contributed by atoms with van der Waals surface area (Å²) in [5, 5.41) is 3.90. The molecule has 4 fully saturated rings. The maximum Gasteiger partial charge on any atom is 0.167 e. The Balaban J connectivity index is 1.33. The van der Waals surface area contributed by atoms with Crippen LogP contribution >= 0.6 is 15.9 Å². The molecule has 3 nitrogen and oxygen atoms in total. The van der Waals surface area contributed by atoms with Crippen LogP contribution in [0.15, 0.2) is 40.9 Å². The Morgan fingerprint density at radius 3 is 2.27 bits per heavy atom. The quantitative estimate of drug-likeness (QED) is 0.527. The van der Waals surface area contributed by atoms with Crippen LogP contribution < -0.4 is 14.8 Å². The zero-order valence-corrected chi connectivity index (χ0v) is 19.0. The molecule has 5 heteroatoms. The van der Waals surface area contributed by atoms with E-state index in [1.807, 2.05) is 12.1 Å². The van der Waals surface area contributed by atoms with Gasteiger partial charge < -0.3 is 14.8 Å². The molecule has 160 valence electrons. The number of methoxy groups -OCH3 is 1. The van der Waals surface area contributed by atoms with E-state index in [0.717, 1.165) is 57.3 Å². The number of ether oxygens (including phenoxy) is 2. The van der Waals surface area contributed by atoms with Gasteiger partial charge in [-0.25, -0.2) is 4.39 Å². The molecule has 1 N–H and O–H groups in total. The molecule has 0 aliphatic heterocycles. The van der Waals surface area contributed by atoms with Crippen molar-refractivity contribution in [3.05, 3.63) is 57.8 Å². The molecule has 0 aromatic heterocycles. The lowest BCUT2D eigenvalue weighted by molar-refractivity contribution is -0.0143. The third-order valence-electron chi connectivity index (χ3n) is 7.42. The van der Waals surface area contributed by atoms with E-state index in [1.54, 1.807) is 19.2 Å². The van der Waals surface area contributed by atoms with Gasteiger partial charge in [-0.2, -0.15) is 0 Å². The van der Waals surface area contributed by atoms with Crippen molar-refractivity contribution in [3.63, 3.8) is 0 Å². The first-order valence-corrected chi connectivity index (χ1v) is 11.9. The minimum Gasteiger partial charge on any atom is -0.493 e. The van der Waals surface area contributed by atoms with Gasteiger partial charge in [-0.1, -0.05) is 28.1 Å². The highest BCUT2D eigenvalue weighted by Gasteiger charge is 2.47. The molecule has 4 aliphatic carbocycles. The van der Waals surface area contributed by atoms with E-state index in [9.17, 15) is 4.39 Å². The van der Waals surface area contributed by atoms with Crippen molar-refractivity contribution in [2.24, 2.45) is 23.7 Å². The summed E-state index contributed by atoms with van der Waals surface area (Å²) in [4.78, 5) is 0. The van der Waals surface area contributed by atoms with Crippen LogP contribution in [0.25, 0.3) is 0 Å². The molecule has 30 heavy (non-hydrogen) atoms. The molecule has 4 bridgehead atoms. The summed E-state index contributed by atoms with van der Waals surface area (Å²) in [5.74, 6) is 4.85. The number of hydrogen-bond donors (Lipinski definition) is 1. The largest absolute Gasteiger partial charge is 0.493 e. The SMILES string of the molecule is COc1ccc(Br)c(CNC2C3CC4CC(C3)CC2C4)c1OCc1ccc(F)cc1. The van der Waals surface area contributed by atoms with Gasteiger partial charge in [0.05, 0.1) is 7.11 Å². The highest BCUT2D eigenvalue weighted by Crippen LogP contribution is 2.53. The normalized spacial score (nSPS) is 29.2. The number of nitrogens with one attached hydrogen (secondary N) is 1. The third-order valence-corrected chi connectivity index (χ3v) is 8.17. The topological polar surface area (TPSA) is 30.5 Å². The first kappa shape index (κ1) is 20.3. The fourth-order valence-corrected chi connectivity index (χ4v) is 6.73. The van der Waals surface area contributed by atoms with E-state index in [4.69, 9.17) is 9.47 Å². The highest BCUT2D eigenvalue weighted by atomic mass is 79.9. The molecule has 4 aliphatic rings. The maximum absolute atomic E-state index is 13.2. The smallest absolute Gasteiger partial charge is 0.167 e. The van der Waals surface area contributed by atoms with Crippen LogP contribution in [0.1, 0.15) is 43.2 Å². The number of hydrogen-bond acceptors (Lipinski definition) is 3. The van der Waals surface area contributed by atoms with Gasteiger partial charge >= 0.3 is 0 Å². The van der Waals surface area contributed by atoms with E-state index < -0.39 is 0 Å². The van der Waals surface area contributed by atoms with Crippen molar-refractivity contribution in [2.75, 3.05) is 7.11 Å². The van der Waals surface area contributed by atoms with Crippen molar-refractivity contribution in [1.82, 2.24) is 5.32 Å². The van der Waals surface area contributed by atoms with Crippen LogP contribution in [-0.2, 0) is 13.2 Å². The van der Waals surface area contributed by atoms with E-state index in [1.165, 1.54) is 44.2 Å². The lowest BCUT2D eigenvalue weighted by Gasteiger charge is -2.54. The van der Waals surface area contributed by atoms with Gasteiger partial charge in [0.15, 0.2) is 11.5 Å². The van der Waals surface area contributed by atoms with Gasteiger partial charge in [0.1, 0.15) is 12.4 Å². The Labute approximate surface area is 186 Å². The summed E-state index contributed by atoms with van der Waals surface area (Å²) >= 11 is 3.72. The van der Waals surface area contributed by atoms with Gasteiger partial charge in [-0.3, -0.25) is 0 Å². The standard InChI is InChI=1S/C25H29BrFNO2/c1-29-23-7-6-22(26)21(25(23)30-14-15-2-4-20(27)5-3-15)13-28-24-18-9-16-8-17(11-18)12-19(24)10-16/h2-7,16-19,24,28H,8-14H2,1H3. The second-order valence-electron chi connectivity index (χ2n) is 9.31. The fourth-order valence-electron chi connectivity index (χ4n) is 6.28. The van der Waals surface area contributed by atoms with E-state index >= 15 is 0 Å². The lowest BCUT2D eigenvalue weighted by atomic mass is 9.54. The summed E-state index contributed by atoms with van der Waals surface area (Å²) in [6, 6.07) is 11.0. The number of rotatable bonds is 7. The lowest BCUT2D eigenvalue weighted by Crippen LogP contribution is -2.54. The summed E-state index contributed by atoms with van der Waals surface area (Å²) < 4.78 is 26.0. The van der Waals surface area contributed by atoms with E-state index in [2.05, 4.69) is 21.2 Å². The molecule has 0 heterocycles. The molecule has 2 aromatic carbocycles. The molecule has 0 amide bonds. The van der Waals surface area contributed by atoms with Crippen LogP contribution in [0.4, 0.5) is 4.39 Å². The summed E-state index contributed by atoms with van der Waals surface area (Å²) in [7, 11) is 1.67. The highest BCUT2D eigenvalue weighted by molar-refractivity contribution is 9.10. The maximum atomic E-state index is 13.2. The Hall–Kier alpha value is -1.59. The second kappa shape index (κ2) is 8.51. The van der Waals surface area contributed by atoms with Crippen LogP contribution in [0, 0.1) is 29.5 Å². The fraction of sp³-hybridized carbons (Fsp3) is 0.520. The number of benzene rings is 2. The summed E-state index contributed by atoms with van der Waals surface area (Å²) in [6.07, 6.45) is 7.08. The van der Waals surface area contributed by atoms with Crippen LogP contribution in [0.2, 0.25) is 0 Å². The summed E-state index contributed by atoms with van der Waals surface area (Å²) in [6.45, 7) is 1.13. The van der Waals surface area contributed by atoms with E-state index in [-0.39, 0.29) is 5.82 Å². The van der Waals surface area contributed by atoms with Crippen molar-refractivity contribution >= 4 is 15.9 Å². The van der Waals surface area contributed by atoms with Crippen LogP contribution in [-0.4, -0.2) is 13.2 Å². The first-order chi connectivity index (χ1) is 14.6. The molecule has 6 rings (SSSR count). The molecular weight excluding hydrogens is 445 g/mol. The Morgan fingerprint density at radius 1 is 0.967 bits per heavy atom. The van der Waals surface area contributed by atoms with E-state index in [0.29, 0.717) is 12.6 Å². The minimum atomic E-state index is -0.237. The average Bonchev–Trinajstić information content (AvgIpc) is 2.73. The molecule has 4 saturated carbocycles. The zero-order valence-electron chi connectivity index (χ0n) is 17.4. The molecule has 0 saturated heterocycles. The molecular formula is C25H29BrFNO2. The minimum absolute atomic E-state index is 0.237. The predicted molar refractivity (Wildman–Crippen MR) is 119 cm³/mol. The van der Waals surface area contributed by atoms with Gasteiger partial charge in [0.2, 0.25) is 0 Å². The third kappa shape index (κ3) is 3.99. The molecule has 0 unspecified atom stereocenters. The number of halogens is 2. The first-order valence-electron chi connectivity index (χ1n) is 11.1. The van der Waals surface area contributed by atoms with Gasteiger partial charge in [-0.15, -0.1) is 0 Å². The van der Waals surface area contributed by atoms with Crippen molar-refractivity contribution in [1.29, 1.82) is 0 Å². The molecule has 0 atom stereocenters.